The summed E-state index contributed by atoms with van der Waals surface area (Å²) in [6, 6.07) is 0.153. The third kappa shape index (κ3) is 5.69. The Kier molecular flexibility index (Phi) is 6.12. The van der Waals surface area contributed by atoms with Gasteiger partial charge in [0, 0.05) is 19.1 Å². The van der Waals surface area contributed by atoms with Crippen molar-refractivity contribution >= 4 is 0 Å². The largest absolute Gasteiger partial charge is 0.401 e. The molecule has 1 saturated carbocycles. The van der Waals surface area contributed by atoms with E-state index in [9.17, 15) is 13.2 Å². The highest BCUT2D eigenvalue weighted by atomic mass is 19.4. The average Bonchev–Trinajstić information content (AvgIpc) is 3.16. The predicted molar refractivity (Wildman–Crippen MR) is 72.2 cm³/mol. The number of halogens is 3. The van der Waals surface area contributed by atoms with Gasteiger partial charge in [-0.15, -0.1) is 0 Å². The van der Waals surface area contributed by atoms with Crippen LogP contribution in [0.15, 0.2) is 0 Å². The molecule has 0 unspecified atom stereocenters. The topological polar surface area (TPSA) is 15.3 Å². The number of nitrogens with one attached hydrogen (secondary N) is 1. The fourth-order valence-electron chi connectivity index (χ4n) is 2.58. The fraction of sp³-hybridized carbons (Fsp3) is 1.00. The average molecular weight is 280 g/mol. The molecular weight excluding hydrogens is 253 g/mol. The first kappa shape index (κ1) is 16.8. The van der Waals surface area contributed by atoms with Gasteiger partial charge in [-0.05, 0) is 37.6 Å². The van der Waals surface area contributed by atoms with Gasteiger partial charge in [-0.2, -0.15) is 13.2 Å². The van der Waals surface area contributed by atoms with Crippen molar-refractivity contribution in [2.24, 2.45) is 5.41 Å². The van der Waals surface area contributed by atoms with Crippen molar-refractivity contribution in [2.75, 3.05) is 26.2 Å². The third-order valence-corrected chi connectivity index (χ3v) is 4.23. The summed E-state index contributed by atoms with van der Waals surface area (Å²) in [5.74, 6) is 0. The second kappa shape index (κ2) is 6.93. The maximum Gasteiger partial charge on any atom is 0.401 e. The van der Waals surface area contributed by atoms with Crippen LogP contribution in [-0.2, 0) is 0 Å². The first-order valence-electron chi connectivity index (χ1n) is 7.37. The molecule has 2 nitrogen and oxygen atoms in total. The van der Waals surface area contributed by atoms with E-state index >= 15 is 0 Å². The van der Waals surface area contributed by atoms with Crippen molar-refractivity contribution in [3.05, 3.63) is 0 Å². The van der Waals surface area contributed by atoms with Gasteiger partial charge in [0.25, 0.3) is 0 Å². The summed E-state index contributed by atoms with van der Waals surface area (Å²) in [7, 11) is 0. The molecule has 1 aliphatic carbocycles. The molecule has 0 heterocycles. The predicted octanol–water partition coefficient (Wildman–Crippen LogP) is 3.43. The SMILES string of the molecule is CCNCC(CC)(CC)CN(CC(F)(F)F)C1CC1. The zero-order valence-electron chi connectivity index (χ0n) is 12.3. The molecular formula is C14H27F3N2. The molecule has 0 radical (unpaired) electrons. The van der Waals surface area contributed by atoms with E-state index in [1.165, 1.54) is 0 Å². The molecule has 114 valence electrons. The summed E-state index contributed by atoms with van der Waals surface area (Å²) in [4.78, 5) is 1.66. The maximum atomic E-state index is 12.7. The second-order valence-electron chi connectivity index (χ2n) is 5.74. The first-order valence-corrected chi connectivity index (χ1v) is 7.37. The summed E-state index contributed by atoms with van der Waals surface area (Å²) in [6.07, 6.45) is -0.426. The van der Waals surface area contributed by atoms with Crippen LogP contribution in [0.3, 0.4) is 0 Å². The molecule has 0 aromatic heterocycles. The number of nitrogens with zero attached hydrogens (tertiary/aromatic N) is 1. The van der Waals surface area contributed by atoms with Crippen LogP contribution in [-0.4, -0.2) is 43.3 Å². The Morgan fingerprint density at radius 1 is 1.05 bits per heavy atom. The Morgan fingerprint density at radius 3 is 2.00 bits per heavy atom. The highest BCUT2D eigenvalue weighted by molar-refractivity contribution is 4.91. The Bertz CT molecular complexity index is 258. The standard InChI is InChI=1S/C14H27F3N2/c1-4-13(5-2,9-18-6-3)10-19(12-7-8-12)11-14(15,16)17/h12,18H,4-11H2,1-3H3. The first-order chi connectivity index (χ1) is 8.86. The highest BCUT2D eigenvalue weighted by Crippen LogP contribution is 2.35. The Balaban J connectivity index is 2.67. The van der Waals surface area contributed by atoms with Crippen LogP contribution in [0.25, 0.3) is 0 Å². The lowest BCUT2D eigenvalue weighted by molar-refractivity contribution is -0.150. The van der Waals surface area contributed by atoms with E-state index in [-0.39, 0.29) is 11.5 Å². The van der Waals surface area contributed by atoms with Crippen LogP contribution in [0.5, 0.6) is 0 Å². The smallest absolute Gasteiger partial charge is 0.316 e. The van der Waals surface area contributed by atoms with Gasteiger partial charge in [0.1, 0.15) is 0 Å². The minimum atomic E-state index is -4.09. The summed E-state index contributed by atoms with van der Waals surface area (Å²) in [5, 5.41) is 3.31. The van der Waals surface area contributed by atoms with E-state index in [2.05, 4.69) is 19.2 Å². The van der Waals surface area contributed by atoms with Gasteiger partial charge in [0.15, 0.2) is 0 Å². The molecule has 0 aliphatic heterocycles. The van der Waals surface area contributed by atoms with Gasteiger partial charge in [0.2, 0.25) is 0 Å². The van der Waals surface area contributed by atoms with Crippen molar-refractivity contribution in [1.82, 2.24) is 10.2 Å². The van der Waals surface area contributed by atoms with Gasteiger partial charge < -0.3 is 5.32 Å². The van der Waals surface area contributed by atoms with Gasteiger partial charge >= 0.3 is 6.18 Å². The molecule has 0 aromatic carbocycles. The summed E-state index contributed by atoms with van der Waals surface area (Å²) in [5.41, 5.74) is -0.0378. The summed E-state index contributed by atoms with van der Waals surface area (Å²) >= 11 is 0. The minimum Gasteiger partial charge on any atom is -0.316 e. The Hall–Kier alpha value is -0.290. The fourth-order valence-corrected chi connectivity index (χ4v) is 2.58. The lowest BCUT2D eigenvalue weighted by atomic mass is 9.81. The van der Waals surface area contributed by atoms with E-state index < -0.39 is 12.7 Å². The summed E-state index contributed by atoms with van der Waals surface area (Å²) < 4.78 is 38.0. The number of hydrogen-bond donors (Lipinski definition) is 1. The van der Waals surface area contributed by atoms with Crippen LogP contribution >= 0.6 is 0 Å². The quantitative estimate of drug-likeness (QED) is 0.696. The summed E-state index contributed by atoms with van der Waals surface area (Å²) in [6.45, 7) is 7.66. The van der Waals surface area contributed by atoms with Crippen LogP contribution in [0.4, 0.5) is 13.2 Å². The van der Waals surface area contributed by atoms with Crippen molar-refractivity contribution in [1.29, 1.82) is 0 Å². The van der Waals surface area contributed by atoms with Gasteiger partial charge in [-0.3, -0.25) is 4.90 Å². The van der Waals surface area contributed by atoms with E-state index in [1.807, 2.05) is 6.92 Å². The van der Waals surface area contributed by atoms with E-state index in [4.69, 9.17) is 0 Å². The zero-order valence-corrected chi connectivity index (χ0v) is 12.3. The van der Waals surface area contributed by atoms with E-state index in [0.29, 0.717) is 6.54 Å². The van der Waals surface area contributed by atoms with Gasteiger partial charge in [0.05, 0.1) is 6.54 Å². The van der Waals surface area contributed by atoms with Gasteiger partial charge in [-0.25, -0.2) is 0 Å². The van der Waals surface area contributed by atoms with Crippen molar-refractivity contribution in [3.63, 3.8) is 0 Å². The second-order valence-corrected chi connectivity index (χ2v) is 5.74. The molecule has 1 N–H and O–H groups in total. The monoisotopic (exact) mass is 280 g/mol. The highest BCUT2D eigenvalue weighted by Gasteiger charge is 2.41. The van der Waals surface area contributed by atoms with Gasteiger partial charge in [-0.1, -0.05) is 20.8 Å². The molecule has 1 aliphatic rings. The molecule has 0 aromatic rings. The Labute approximate surface area is 114 Å². The molecule has 5 heteroatoms. The molecule has 0 amide bonds. The molecule has 19 heavy (non-hydrogen) atoms. The van der Waals surface area contributed by atoms with Crippen LogP contribution in [0.2, 0.25) is 0 Å². The van der Waals surface area contributed by atoms with Crippen molar-refractivity contribution in [3.8, 4) is 0 Å². The number of hydrogen-bond acceptors (Lipinski definition) is 2. The number of alkyl halides is 3. The van der Waals surface area contributed by atoms with E-state index in [0.717, 1.165) is 38.8 Å². The normalized spacial score (nSPS) is 17.2. The van der Waals surface area contributed by atoms with E-state index in [1.54, 1.807) is 4.90 Å². The van der Waals surface area contributed by atoms with Crippen LogP contribution < -0.4 is 5.32 Å². The molecule has 1 fully saturated rings. The molecule has 0 spiro atoms. The zero-order chi connectivity index (χ0) is 14.5. The van der Waals surface area contributed by atoms with Crippen molar-refractivity contribution < 1.29 is 13.2 Å². The molecule has 0 atom stereocenters. The maximum absolute atomic E-state index is 12.7. The number of rotatable bonds is 9. The van der Waals surface area contributed by atoms with Crippen LogP contribution in [0.1, 0.15) is 46.5 Å². The molecule has 1 rings (SSSR count). The lowest BCUT2D eigenvalue weighted by Crippen LogP contribution is -2.47. The van der Waals surface area contributed by atoms with Crippen LogP contribution in [0, 0.1) is 5.41 Å². The Morgan fingerprint density at radius 2 is 1.63 bits per heavy atom. The van der Waals surface area contributed by atoms with Crippen molar-refractivity contribution in [2.45, 2.75) is 58.7 Å². The third-order valence-electron chi connectivity index (χ3n) is 4.23. The molecule has 0 bridgehead atoms. The lowest BCUT2D eigenvalue weighted by Gasteiger charge is -2.38. The molecule has 0 saturated heterocycles. The minimum absolute atomic E-state index is 0.0378.